The van der Waals surface area contributed by atoms with Crippen molar-refractivity contribution in [2.24, 2.45) is 0 Å². The van der Waals surface area contributed by atoms with Gasteiger partial charge in [-0.05, 0) is 29.8 Å². The molecule has 0 saturated carbocycles. The molecule has 1 aromatic carbocycles. The maximum absolute atomic E-state index is 11.5. The molecule has 1 amide bonds. The molecule has 6 heteroatoms. The van der Waals surface area contributed by atoms with E-state index in [9.17, 15) is 4.79 Å². The van der Waals surface area contributed by atoms with Crippen LogP contribution in [0.1, 0.15) is 0 Å². The molecule has 0 saturated heterocycles. The number of anilines is 1. The third-order valence-electron chi connectivity index (χ3n) is 4.02. The lowest BCUT2D eigenvalue weighted by Gasteiger charge is -2.06. The first-order valence-corrected chi connectivity index (χ1v) is 8.02. The quantitative estimate of drug-likeness (QED) is 0.553. The molecule has 126 valence electrons. The first kappa shape index (κ1) is 15.7. The molecule has 2 N–H and O–H groups in total. The van der Waals surface area contributed by atoms with Gasteiger partial charge < -0.3 is 10.3 Å². The highest BCUT2D eigenvalue weighted by Crippen LogP contribution is 2.30. The minimum absolute atomic E-state index is 0.244. The molecule has 0 bridgehead atoms. The monoisotopic (exact) mass is 341 g/mol. The Kier molecular flexibility index (Phi) is 3.99. The van der Waals surface area contributed by atoms with Crippen molar-refractivity contribution in [3.8, 4) is 22.4 Å². The number of carbonyl (C=O) groups is 1. The summed E-state index contributed by atoms with van der Waals surface area (Å²) in [6.07, 6.45) is 9.95. The highest BCUT2D eigenvalue weighted by atomic mass is 16.1. The van der Waals surface area contributed by atoms with Crippen LogP contribution >= 0.6 is 0 Å². The van der Waals surface area contributed by atoms with E-state index in [2.05, 4.69) is 37.9 Å². The molecule has 0 unspecified atom stereocenters. The van der Waals surface area contributed by atoms with Gasteiger partial charge in [-0.2, -0.15) is 0 Å². The van der Waals surface area contributed by atoms with Gasteiger partial charge in [0, 0.05) is 47.0 Å². The predicted molar refractivity (Wildman–Crippen MR) is 101 cm³/mol. The Balaban J connectivity index is 1.77. The van der Waals surface area contributed by atoms with E-state index in [1.54, 1.807) is 24.8 Å². The van der Waals surface area contributed by atoms with E-state index >= 15 is 0 Å². The molecule has 0 aliphatic carbocycles. The summed E-state index contributed by atoms with van der Waals surface area (Å²) in [5.41, 5.74) is 5.11. The largest absolute Gasteiger partial charge is 0.345 e. The number of nitrogens with zero attached hydrogens (tertiary/aromatic N) is 3. The van der Waals surface area contributed by atoms with E-state index in [4.69, 9.17) is 0 Å². The Labute approximate surface area is 149 Å². The van der Waals surface area contributed by atoms with Crippen molar-refractivity contribution < 1.29 is 4.79 Å². The van der Waals surface area contributed by atoms with Crippen LogP contribution < -0.4 is 5.32 Å². The van der Waals surface area contributed by atoms with Gasteiger partial charge in [0.1, 0.15) is 5.65 Å². The van der Waals surface area contributed by atoms with Crippen LogP contribution in [0.25, 0.3) is 33.4 Å². The molecule has 3 aromatic heterocycles. The average molecular weight is 341 g/mol. The van der Waals surface area contributed by atoms with Gasteiger partial charge >= 0.3 is 0 Å². The molecule has 26 heavy (non-hydrogen) atoms. The van der Waals surface area contributed by atoms with E-state index in [1.165, 1.54) is 6.08 Å². The summed E-state index contributed by atoms with van der Waals surface area (Å²) in [7, 11) is 0. The van der Waals surface area contributed by atoms with Gasteiger partial charge in [0.25, 0.3) is 0 Å². The summed E-state index contributed by atoms with van der Waals surface area (Å²) in [5, 5.41) is 3.73. The molecule has 0 fully saturated rings. The number of carbonyl (C=O) groups excluding carboxylic acids is 1. The van der Waals surface area contributed by atoms with Gasteiger partial charge in [0.2, 0.25) is 5.91 Å². The second-order valence-corrected chi connectivity index (χ2v) is 5.69. The van der Waals surface area contributed by atoms with Gasteiger partial charge in [0.05, 0.1) is 11.9 Å². The fourth-order valence-electron chi connectivity index (χ4n) is 2.78. The second-order valence-electron chi connectivity index (χ2n) is 5.69. The average Bonchev–Trinajstić information content (AvgIpc) is 3.12. The Morgan fingerprint density at radius 3 is 2.85 bits per heavy atom. The van der Waals surface area contributed by atoms with Gasteiger partial charge in [0.15, 0.2) is 0 Å². The van der Waals surface area contributed by atoms with Crippen LogP contribution in [-0.4, -0.2) is 25.8 Å². The van der Waals surface area contributed by atoms with Crippen LogP contribution in [0.3, 0.4) is 0 Å². The van der Waals surface area contributed by atoms with E-state index in [-0.39, 0.29) is 5.91 Å². The minimum atomic E-state index is -0.244. The number of hydrogen-bond donors (Lipinski definition) is 2. The number of aromatic nitrogens is 4. The molecule has 0 atom stereocenters. The predicted octanol–water partition coefficient (Wildman–Crippen LogP) is 3.81. The van der Waals surface area contributed by atoms with Crippen molar-refractivity contribution in [1.29, 1.82) is 0 Å². The molecule has 0 spiro atoms. The molecule has 4 aromatic rings. The standard InChI is InChI=1S/C20H15N5O/c1-2-19(26)25-15-5-3-4-13(8-15)14-9-16-17(11-24-20(16)23-10-14)18-12-21-6-7-22-18/h2-12H,1H2,(H,23,24)(H,25,26). The lowest BCUT2D eigenvalue weighted by molar-refractivity contribution is -0.111. The third-order valence-corrected chi connectivity index (χ3v) is 4.02. The molecule has 6 nitrogen and oxygen atoms in total. The summed E-state index contributed by atoms with van der Waals surface area (Å²) < 4.78 is 0. The normalized spacial score (nSPS) is 10.6. The van der Waals surface area contributed by atoms with Gasteiger partial charge in [-0.25, -0.2) is 4.98 Å². The zero-order valence-corrected chi connectivity index (χ0v) is 13.8. The van der Waals surface area contributed by atoms with Crippen LogP contribution in [0.2, 0.25) is 0 Å². The number of hydrogen-bond acceptors (Lipinski definition) is 4. The van der Waals surface area contributed by atoms with Crippen LogP contribution in [0.15, 0.2) is 74.0 Å². The summed E-state index contributed by atoms with van der Waals surface area (Å²) in [4.78, 5) is 27.7. The number of amides is 1. The highest BCUT2D eigenvalue weighted by molar-refractivity contribution is 5.99. The fraction of sp³-hybridized carbons (Fsp3) is 0. The lowest BCUT2D eigenvalue weighted by Crippen LogP contribution is -2.06. The Hall–Kier alpha value is -3.80. The van der Waals surface area contributed by atoms with E-state index in [1.807, 2.05) is 30.5 Å². The van der Waals surface area contributed by atoms with Crippen molar-refractivity contribution in [1.82, 2.24) is 19.9 Å². The molecule has 4 rings (SSSR count). The highest BCUT2D eigenvalue weighted by Gasteiger charge is 2.10. The van der Waals surface area contributed by atoms with Crippen LogP contribution in [0, 0.1) is 0 Å². The van der Waals surface area contributed by atoms with Gasteiger partial charge in [-0.3, -0.25) is 14.8 Å². The smallest absolute Gasteiger partial charge is 0.247 e. The molecule has 0 aliphatic heterocycles. The molecule has 3 heterocycles. The first-order valence-electron chi connectivity index (χ1n) is 8.02. The Morgan fingerprint density at radius 2 is 2.04 bits per heavy atom. The zero-order chi connectivity index (χ0) is 17.9. The van der Waals surface area contributed by atoms with Crippen LogP contribution in [0.5, 0.6) is 0 Å². The van der Waals surface area contributed by atoms with E-state index in [0.29, 0.717) is 5.69 Å². The fourth-order valence-corrected chi connectivity index (χ4v) is 2.78. The topological polar surface area (TPSA) is 83.6 Å². The van der Waals surface area contributed by atoms with Crippen molar-refractivity contribution in [3.63, 3.8) is 0 Å². The minimum Gasteiger partial charge on any atom is -0.345 e. The first-order chi connectivity index (χ1) is 12.7. The van der Waals surface area contributed by atoms with Crippen molar-refractivity contribution in [2.75, 3.05) is 5.32 Å². The second kappa shape index (κ2) is 6.60. The number of fused-ring (bicyclic) bond motifs is 1. The molecule has 0 aliphatic rings. The van der Waals surface area contributed by atoms with Gasteiger partial charge in [-0.1, -0.05) is 18.7 Å². The van der Waals surface area contributed by atoms with Crippen molar-refractivity contribution in [2.45, 2.75) is 0 Å². The number of rotatable bonds is 4. The Bertz CT molecular complexity index is 1100. The van der Waals surface area contributed by atoms with Crippen molar-refractivity contribution in [3.05, 3.63) is 74.0 Å². The lowest BCUT2D eigenvalue weighted by atomic mass is 10.0. The van der Waals surface area contributed by atoms with E-state index < -0.39 is 0 Å². The van der Waals surface area contributed by atoms with Gasteiger partial charge in [-0.15, -0.1) is 0 Å². The number of aromatic amines is 1. The number of benzene rings is 1. The summed E-state index contributed by atoms with van der Waals surface area (Å²) in [5.74, 6) is -0.244. The van der Waals surface area contributed by atoms with E-state index in [0.717, 1.165) is 33.4 Å². The maximum Gasteiger partial charge on any atom is 0.247 e. The van der Waals surface area contributed by atoms with Crippen molar-refractivity contribution >= 4 is 22.6 Å². The molecule has 0 radical (unpaired) electrons. The number of pyridine rings is 1. The zero-order valence-electron chi connectivity index (χ0n) is 13.8. The number of nitrogens with one attached hydrogen (secondary N) is 2. The maximum atomic E-state index is 11.5. The number of H-pyrrole nitrogens is 1. The van der Waals surface area contributed by atoms with Crippen LogP contribution in [-0.2, 0) is 4.79 Å². The summed E-state index contributed by atoms with van der Waals surface area (Å²) in [6, 6.07) is 9.65. The van der Waals surface area contributed by atoms with Crippen LogP contribution in [0.4, 0.5) is 5.69 Å². The SMILES string of the molecule is C=CC(=O)Nc1cccc(-c2cnc3[nH]cc(-c4cnccn4)c3c2)c1. The Morgan fingerprint density at radius 1 is 1.12 bits per heavy atom. The molecular weight excluding hydrogens is 326 g/mol. The summed E-state index contributed by atoms with van der Waals surface area (Å²) >= 11 is 0. The third kappa shape index (κ3) is 2.95. The summed E-state index contributed by atoms with van der Waals surface area (Å²) in [6.45, 7) is 3.47. The molecular formula is C20H15N5O.